The Balaban J connectivity index is 0.00000136. The van der Waals surface area contributed by atoms with Crippen molar-refractivity contribution in [3.8, 4) is 0 Å². The number of hydrogen-bond acceptors (Lipinski definition) is 5. The summed E-state index contributed by atoms with van der Waals surface area (Å²) < 4.78 is 42.8. The Morgan fingerprint density at radius 1 is 1.00 bits per heavy atom. The molecule has 3 aromatic rings. The van der Waals surface area contributed by atoms with Crippen molar-refractivity contribution in [2.45, 2.75) is 24.9 Å². The molecule has 0 saturated carbocycles. The smallest absolute Gasteiger partial charge is 0.324 e. The molecular weight excluding hydrogens is 409 g/mol. The first kappa shape index (κ1) is 21.8. The number of nitrogens with zero attached hydrogens (tertiary/aromatic N) is 2. The molecule has 3 rings (SSSR count). The lowest BCUT2D eigenvalue weighted by Crippen LogP contribution is -2.13. The minimum Gasteiger partial charge on any atom is -0.324 e. The van der Waals surface area contributed by atoms with Gasteiger partial charge in [0.05, 0.1) is 11.9 Å². The molecule has 9 heteroatoms. The Morgan fingerprint density at radius 3 is 2.36 bits per heavy atom. The Hall–Kier alpha value is -2.45. The number of nitrogens with one attached hydrogen (secondary N) is 2. The highest BCUT2D eigenvalue weighted by atomic mass is 35.5. The molecule has 2 aromatic carbocycles. The predicted molar refractivity (Wildman–Crippen MR) is 109 cm³/mol. The van der Waals surface area contributed by atoms with E-state index in [9.17, 15) is 13.2 Å². The largest absolute Gasteiger partial charge is 0.435 e. The van der Waals surface area contributed by atoms with Crippen molar-refractivity contribution in [3.05, 3.63) is 71.5 Å². The third-order valence-electron chi connectivity index (χ3n) is 3.16. The number of anilines is 3. The van der Waals surface area contributed by atoms with E-state index < -0.39 is 11.9 Å². The van der Waals surface area contributed by atoms with Gasteiger partial charge in [-0.15, -0.1) is 0 Å². The molecule has 0 atom stereocenters. The van der Waals surface area contributed by atoms with Crippen LogP contribution in [0.25, 0.3) is 0 Å². The molecule has 0 aliphatic carbocycles. The van der Waals surface area contributed by atoms with E-state index >= 15 is 0 Å². The van der Waals surface area contributed by atoms with Crippen molar-refractivity contribution < 1.29 is 13.2 Å². The Morgan fingerprint density at radius 2 is 1.71 bits per heavy atom. The van der Waals surface area contributed by atoms with Crippen LogP contribution in [0.3, 0.4) is 0 Å². The number of aromatic nitrogens is 2. The second-order valence-corrected chi connectivity index (χ2v) is 6.42. The maximum Gasteiger partial charge on any atom is 0.435 e. The van der Waals surface area contributed by atoms with Crippen molar-refractivity contribution in [1.82, 2.24) is 9.97 Å². The van der Waals surface area contributed by atoms with Gasteiger partial charge >= 0.3 is 6.18 Å². The van der Waals surface area contributed by atoms with Crippen molar-refractivity contribution in [2.75, 3.05) is 10.0 Å². The molecule has 0 bridgehead atoms. The molecule has 148 valence electrons. The number of rotatable bonds is 5. The number of benzene rings is 2. The first-order chi connectivity index (χ1) is 13.4. The highest BCUT2D eigenvalue weighted by Gasteiger charge is 2.36. The summed E-state index contributed by atoms with van der Waals surface area (Å²) in [4.78, 5) is 8.33. The van der Waals surface area contributed by atoms with E-state index in [1.807, 2.05) is 19.9 Å². The van der Waals surface area contributed by atoms with Gasteiger partial charge in [0.2, 0.25) is 5.95 Å². The molecule has 0 unspecified atom stereocenters. The summed E-state index contributed by atoms with van der Waals surface area (Å²) in [6, 6.07) is 15.5. The third kappa shape index (κ3) is 6.31. The van der Waals surface area contributed by atoms with Gasteiger partial charge in [-0.2, -0.15) is 13.2 Å². The Bertz CT molecular complexity index is 892. The van der Waals surface area contributed by atoms with Crippen LogP contribution in [0.15, 0.2) is 65.7 Å². The Labute approximate surface area is 170 Å². The van der Waals surface area contributed by atoms with E-state index in [0.29, 0.717) is 10.7 Å². The van der Waals surface area contributed by atoms with Gasteiger partial charge in [0, 0.05) is 15.6 Å². The zero-order valence-corrected chi connectivity index (χ0v) is 16.7. The molecule has 0 fully saturated rings. The van der Waals surface area contributed by atoms with Crippen LogP contribution in [0.4, 0.5) is 30.5 Å². The predicted octanol–water partition coefficient (Wildman–Crippen LogP) is 7.04. The normalized spacial score (nSPS) is 10.6. The third-order valence-corrected chi connectivity index (χ3v) is 4.23. The average Bonchev–Trinajstić information content (AvgIpc) is 2.69. The van der Waals surface area contributed by atoms with E-state index in [1.165, 1.54) is 0 Å². The monoisotopic (exact) mass is 426 g/mol. The summed E-state index contributed by atoms with van der Waals surface area (Å²) in [5, 5.41) is 3.16. The maximum atomic E-state index is 13.4. The molecule has 4 nitrogen and oxygen atoms in total. The molecule has 0 amide bonds. The van der Waals surface area contributed by atoms with Crippen LogP contribution in [-0.2, 0) is 6.18 Å². The molecule has 0 aliphatic rings. The fourth-order valence-electron chi connectivity index (χ4n) is 2.03. The lowest BCUT2D eigenvalue weighted by molar-refractivity contribution is -0.140. The first-order valence-electron chi connectivity index (χ1n) is 8.36. The van der Waals surface area contributed by atoms with Gasteiger partial charge in [-0.3, -0.25) is 0 Å². The van der Waals surface area contributed by atoms with E-state index in [1.54, 1.807) is 48.5 Å². The first-order valence-corrected chi connectivity index (χ1v) is 9.56. The molecule has 0 saturated heterocycles. The fraction of sp³-hybridized carbons (Fsp3) is 0.158. The molecule has 0 spiro atoms. The lowest BCUT2D eigenvalue weighted by atomic mass is 10.3. The fourth-order valence-corrected chi connectivity index (χ4v) is 2.89. The summed E-state index contributed by atoms with van der Waals surface area (Å²) in [5.74, 6) is -0.171. The maximum absolute atomic E-state index is 13.4. The van der Waals surface area contributed by atoms with Crippen molar-refractivity contribution in [1.29, 1.82) is 0 Å². The highest BCUT2D eigenvalue weighted by Crippen LogP contribution is 2.35. The van der Waals surface area contributed by atoms with E-state index in [2.05, 4.69) is 20.0 Å². The van der Waals surface area contributed by atoms with Crippen molar-refractivity contribution >= 4 is 40.9 Å². The molecule has 1 aromatic heterocycles. The quantitative estimate of drug-likeness (QED) is 0.428. The van der Waals surface area contributed by atoms with E-state index in [4.69, 9.17) is 11.6 Å². The second-order valence-electron chi connectivity index (χ2n) is 5.11. The summed E-state index contributed by atoms with van der Waals surface area (Å²) in [5.41, 5.74) is -0.784. The van der Waals surface area contributed by atoms with Crippen LogP contribution < -0.4 is 10.0 Å². The summed E-state index contributed by atoms with van der Waals surface area (Å²) in [7, 11) is 0. The molecular formula is C19H18ClF3N4S. The van der Waals surface area contributed by atoms with Crippen LogP contribution in [0.1, 0.15) is 19.5 Å². The van der Waals surface area contributed by atoms with E-state index in [0.717, 1.165) is 23.0 Å². The zero-order chi connectivity index (χ0) is 20.6. The topological polar surface area (TPSA) is 49.8 Å². The number of halogens is 4. The molecule has 1 heterocycles. The van der Waals surface area contributed by atoms with Crippen molar-refractivity contribution in [2.24, 2.45) is 0 Å². The van der Waals surface area contributed by atoms with E-state index in [-0.39, 0.29) is 11.6 Å². The highest BCUT2D eigenvalue weighted by molar-refractivity contribution is 8.00. The number of hydrogen-bond donors (Lipinski definition) is 2. The summed E-state index contributed by atoms with van der Waals surface area (Å²) >= 11 is 6.91. The van der Waals surface area contributed by atoms with Crippen LogP contribution in [0, 0.1) is 0 Å². The number of alkyl halides is 3. The van der Waals surface area contributed by atoms with Gasteiger partial charge in [0.25, 0.3) is 0 Å². The minimum absolute atomic E-state index is 0.171. The molecule has 28 heavy (non-hydrogen) atoms. The van der Waals surface area contributed by atoms with Crippen LogP contribution in [0.2, 0.25) is 5.02 Å². The zero-order valence-electron chi connectivity index (χ0n) is 15.1. The van der Waals surface area contributed by atoms with Gasteiger partial charge in [-0.1, -0.05) is 49.7 Å². The molecule has 0 radical (unpaired) electrons. The van der Waals surface area contributed by atoms with Crippen LogP contribution >= 0.6 is 23.5 Å². The van der Waals surface area contributed by atoms with Crippen molar-refractivity contribution in [3.63, 3.8) is 0 Å². The summed E-state index contributed by atoms with van der Waals surface area (Å²) in [6.45, 7) is 4.00. The second kappa shape index (κ2) is 10.2. The average molecular weight is 427 g/mol. The van der Waals surface area contributed by atoms with Crippen LogP contribution in [-0.4, -0.2) is 9.97 Å². The molecule has 0 aliphatic heterocycles. The van der Waals surface area contributed by atoms with Gasteiger partial charge in [-0.25, -0.2) is 9.97 Å². The van der Waals surface area contributed by atoms with Gasteiger partial charge < -0.3 is 10.0 Å². The lowest BCUT2D eigenvalue weighted by Gasteiger charge is -2.14. The minimum atomic E-state index is -4.63. The Kier molecular flexibility index (Phi) is 7.95. The van der Waals surface area contributed by atoms with Crippen LogP contribution in [0.5, 0.6) is 0 Å². The molecule has 2 N–H and O–H groups in total. The van der Waals surface area contributed by atoms with Gasteiger partial charge in [0.1, 0.15) is 0 Å². The summed E-state index contributed by atoms with van der Waals surface area (Å²) in [6.07, 6.45) is -3.54. The SMILES string of the molecule is CC.FC(F)(F)c1nc(Nc2cccc(Cl)c2)ncc1NSc1ccccc1. The van der Waals surface area contributed by atoms with Gasteiger partial charge in [0.15, 0.2) is 5.69 Å². The standard InChI is InChI=1S/C17H12ClF3N4S.C2H6/c18-11-5-4-6-12(9-11)23-16-22-10-14(15(24-16)17(19,20)21)25-26-13-7-2-1-3-8-13;1-2/h1-10,25H,(H,22,23,24);1-2H3. The van der Waals surface area contributed by atoms with Gasteiger partial charge in [-0.05, 0) is 42.3 Å².